The van der Waals surface area contributed by atoms with E-state index in [-0.39, 0.29) is 11.3 Å². The number of rotatable bonds is 3. The molecule has 0 radical (unpaired) electrons. The largest absolute Gasteiger partial charge is 0.480 e. The third-order valence-electron chi connectivity index (χ3n) is 3.46. The van der Waals surface area contributed by atoms with E-state index in [1.807, 2.05) is 0 Å². The molecule has 1 aromatic carbocycles. The lowest BCUT2D eigenvalue weighted by atomic mass is 10.0. The number of carboxylic acids is 1. The van der Waals surface area contributed by atoms with Crippen LogP contribution in [0.1, 0.15) is 28.8 Å². The number of nitrogens with zero attached hydrogens (tertiary/aromatic N) is 2. The van der Waals surface area contributed by atoms with Crippen LogP contribution in [0.5, 0.6) is 0 Å². The van der Waals surface area contributed by atoms with E-state index in [1.165, 1.54) is 17.0 Å². The normalized spacial score (nSPS) is 18.1. The molecule has 1 heterocycles. The molecule has 1 amide bonds. The van der Waals surface area contributed by atoms with Crippen LogP contribution in [0.25, 0.3) is 0 Å². The van der Waals surface area contributed by atoms with Gasteiger partial charge in [0.05, 0.1) is 4.92 Å². The van der Waals surface area contributed by atoms with Gasteiger partial charge in [-0.15, -0.1) is 0 Å². The number of amides is 1. The molecule has 7 heteroatoms. The second kappa shape index (κ2) is 5.28. The van der Waals surface area contributed by atoms with Crippen LogP contribution in [-0.2, 0) is 4.79 Å². The Kier molecular flexibility index (Phi) is 3.69. The van der Waals surface area contributed by atoms with Gasteiger partial charge < -0.3 is 10.0 Å². The number of aliphatic carboxylic acids is 1. The van der Waals surface area contributed by atoms with Crippen LogP contribution in [0.15, 0.2) is 18.2 Å². The third kappa shape index (κ3) is 2.34. The zero-order chi connectivity index (χ0) is 14.9. The van der Waals surface area contributed by atoms with Crippen molar-refractivity contribution in [2.45, 2.75) is 25.8 Å². The maximum atomic E-state index is 12.5. The molecule has 1 atom stereocenters. The summed E-state index contributed by atoms with van der Waals surface area (Å²) in [7, 11) is 0. The van der Waals surface area contributed by atoms with Gasteiger partial charge >= 0.3 is 5.97 Å². The highest BCUT2D eigenvalue weighted by molar-refractivity contribution is 6.01. The molecule has 1 N–H and O–H groups in total. The summed E-state index contributed by atoms with van der Waals surface area (Å²) in [5.41, 5.74) is 0.164. The first kappa shape index (κ1) is 14.0. The highest BCUT2D eigenvalue weighted by Gasteiger charge is 2.37. The highest BCUT2D eigenvalue weighted by atomic mass is 16.6. The summed E-state index contributed by atoms with van der Waals surface area (Å²) in [6, 6.07) is 3.46. The summed E-state index contributed by atoms with van der Waals surface area (Å²) in [5, 5.41) is 20.1. The Bertz CT molecular complexity index is 584. The first-order valence-electron chi connectivity index (χ1n) is 6.21. The van der Waals surface area contributed by atoms with Gasteiger partial charge in [-0.3, -0.25) is 14.9 Å². The van der Waals surface area contributed by atoms with E-state index in [4.69, 9.17) is 5.11 Å². The summed E-state index contributed by atoms with van der Waals surface area (Å²) in [6.45, 7) is 1.91. The first-order chi connectivity index (χ1) is 9.43. The number of nitro benzene ring substituents is 1. The molecule has 1 aliphatic heterocycles. The molecule has 20 heavy (non-hydrogen) atoms. The summed E-state index contributed by atoms with van der Waals surface area (Å²) < 4.78 is 0. The Morgan fingerprint density at radius 2 is 2.15 bits per heavy atom. The molecule has 1 fully saturated rings. The fourth-order valence-corrected chi connectivity index (χ4v) is 2.49. The number of nitro groups is 1. The average Bonchev–Trinajstić information content (AvgIpc) is 2.86. The molecule has 1 aliphatic rings. The molecule has 7 nitrogen and oxygen atoms in total. The molecule has 1 saturated heterocycles. The zero-order valence-corrected chi connectivity index (χ0v) is 10.9. The fraction of sp³-hybridized carbons (Fsp3) is 0.385. The second-order valence-corrected chi connectivity index (χ2v) is 4.72. The number of carbonyl (C=O) groups is 2. The quantitative estimate of drug-likeness (QED) is 0.668. The van der Waals surface area contributed by atoms with Crippen molar-refractivity contribution in [2.24, 2.45) is 0 Å². The summed E-state index contributed by atoms with van der Waals surface area (Å²) in [6.07, 6.45) is 0.961. The topological polar surface area (TPSA) is 101 Å². The molecular formula is C13H14N2O5. The lowest BCUT2D eigenvalue weighted by Gasteiger charge is -2.22. The van der Waals surface area contributed by atoms with Gasteiger partial charge in [-0.05, 0) is 25.3 Å². The van der Waals surface area contributed by atoms with Gasteiger partial charge in [0.15, 0.2) is 0 Å². The van der Waals surface area contributed by atoms with Gasteiger partial charge in [-0.1, -0.05) is 12.1 Å². The van der Waals surface area contributed by atoms with E-state index < -0.39 is 22.8 Å². The van der Waals surface area contributed by atoms with Crippen molar-refractivity contribution in [3.63, 3.8) is 0 Å². The van der Waals surface area contributed by atoms with Gasteiger partial charge in [0.1, 0.15) is 11.6 Å². The van der Waals surface area contributed by atoms with E-state index in [9.17, 15) is 19.7 Å². The molecule has 0 aliphatic carbocycles. The Labute approximate surface area is 115 Å². The van der Waals surface area contributed by atoms with Crippen LogP contribution >= 0.6 is 0 Å². The van der Waals surface area contributed by atoms with Crippen molar-refractivity contribution in [2.75, 3.05) is 6.54 Å². The molecule has 0 aromatic heterocycles. The van der Waals surface area contributed by atoms with Crippen LogP contribution in [0.2, 0.25) is 0 Å². The number of benzene rings is 1. The van der Waals surface area contributed by atoms with Crippen molar-refractivity contribution in [1.29, 1.82) is 0 Å². The minimum atomic E-state index is -1.08. The van der Waals surface area contributed by atoms with E-state index in [1.54, 1.807) is 13.0 Å². The second-order valence-electron chi connectivity index (χ2n) is 4.72. The van der Waals surface area contributed by atoms with Crippen LogP contribution in [0.4, 0.5) is 5.69 Å². The van der Waals surface area contributed by atoms with Gasteiger partial charge in [-0.2, -0.15) is 0 Å². The predicted molar refractivity (Wildman–Crippen MR) is 69.5 cm³/mol. The minimum absolute atomic E-state index is 0.0225. The van der Waals surface area contributed by atoms with Gasteiger partial charge in [-0.25, -0.2) is 4.79 Å². The number of likely N-dealkylation sites (tertiary alicyclic amines) is 1. The number of hydrogen-bond acceptors (Lipinski definition) is 4. The molecule has 1 unspecified atom stereocenters. The van der Waals surface area contributed by atoms with Crippen molar-refractivity contribution in [3.8, 4) is 0 Å². The van der Waals surface area contributed by atoms with E-state index in [0.29, 0.717) is 24.9 Å². The number of carbonyl (C=O) groups excluding carboxylic acids is 1. The van der Waals surface area contributed by atoms with E-state index >= 15 is 0 Å². The SMILES string of the molecule is Cc1cccc([N+](=O)[O-])c1C(=O)N1CCCC1C(=O)O. The van der Waals surface area contributed by atoms with E-state index in [2.05, 4.69) is 0 Å². The minimum Gasteiger partial charge on any atom is -0.480 e. The fourth-order valence-electron chi connectivity index (χ4n) is 2.49. The van der Waals surface area contributed by atoms with E-state index in [0.717, 1.165) is 0 Å². The molecule has 0 saturated carbocycles. The monoisotopic (exact) mass is 278 g/mol. The molecule has 106 valence electrons. The van der Waals surface area contributed by atoms with Crippen molar-refractivity contribution >= 4 is 17.6 Å². The number of carboxylic acid groups (broad SMARTS) is 1. The number of hydrogen-bond donors (Lipinski definition) is 1. The predicted octanol–water partition coefficient (Wildman–Crippen LogP) is 1.59. The Hall–Kier alpha value is -2.44. The van der Waals surface area contributed by atoms with Crippen LogP contribution in [-0.4, -0.2) is 39.4 Å². The van der Waals surface area contributed by atoms with Gasteiger partial charge in [0, 0.05) is 12.6 Å². The molecule has 1 aromatic rings. The summed E-state index contributed by atoms with van der Waals surface area (Å²) in [4.78, 5) is 35.2. The van der Waals surface area contributed by atoms with Crippen molar-refractivity contribution < 1.29 is 19.6 Å². The Morgan fingerprint density at radius 3 is 2.75 bits per heavy atom. The molecule has 2 rings (SSSR count). The summed E-state index contributed by atoms with van der Waals surface area (Å²) >= 11 is 0. The smallest absolute Gasteiger partial charge is 0.326 e. The standard InChI is InChI=1S/C13H14N2O5/c1-8-4-2-5-9(15(19)20)11(8)12(16)14-7-3-6-10(14)13(17)18/h2,4-5,10H,3,6-7H2,1H3,(H,17,18). The Balaban J connectivity index is 2.44. The molecule has 0 spiro atoms. The van der Waals surface area contributed by atoms with Crippen molar-refractivity contribution in [3.05, 3.63) is 39.4 Å². The van der Waals surface area contributed by atoms with Gasteiger partial charge in [0.2, 0.25) is 0 Å². The van der Waals surface area contributed by atoms with Gasteiger partial charge in [0.25, 0.3) is 11.6 Å². The first-order valence-corrected chi connectivity index (χ1v) is 6.21. The van der Waals surface area contributed by atoms with Crippen LogP contribution in [0.3, 0.4) is 0 Å². The van der Waals surface area contributed by atoms with Crippen LogP contribution < -0.4 is 0 Å². The zero-order valence-electron chi connectivity index (χ0n) is 10.9. The molecular weight excluding hydrogens is 264 g/mol. The average molecular weight is 278 g/mol. The lowest BCUT2D eigenvalue weighted by Crippen LogP contribution is -2.40. The highest BCUT2D eigenvalue weighted by Crippen LogP contribution is 2.27. The maximum Gasteiger partial charge on any atom is 0.326 e. The number of aryl methyl sites for hydroxylation is 1. The maximum absolute atomic E-state index is 12.5. The lowest BCUT2D eigenvalue weighted by molar-refractivity contribution is -0.385. The molecule has 0 bridgehead atoms. The Morgan fingerprint density at radius 1 is 1.45 bits per heavy atom. The summed E-state index contributed by atoms with van der Waals surface area (Å²) in [5.74, 6) is -1.66. The third-order valence-corrected chi connectivity index (χ3v) is 3.46. The van der Waals surface area contributed by atoms with Crippen molar-refractivity contribution in [1.82, 2.24) is 4.90 Å². The van der Waals surface area contributed by atoms with Crippen LogP contribution in [0, 0.1) is 17.0 Å².